The maximum absolute atomic E-state index is 12.9. The van der Waals surface area contributed by atoms with Crippen molar-refractivity contribution < 1.29 is 23.8 Å². The minimum Gasteiger partial charge on any atom is -0.469 e. The van der Waals surface area contributed by atoms with Crippen LogP contribution in [0.1, 0.15) is 66.8 Å². The third-order valence-corrected chi connectivity index (χ3v) is 5.58. The Labute approximate surface area is 167 Å². The summed E-state index contributed by atoms with van der Waals surface area (Å²) in [5.74, 6) is -0.0169. The van der Waals surface area contributed by atoms with Gasteiger partial charge in [-0.05, 0) is 44.1 Å². The fourth-order valence-corrected chi connectivity index (χ4v) is 4.00. The number of methoxy groups -OCH3 is 1. The van der Waals surface area contributed by atoms with Crippen molar-refractivity contribution >= 4 is 11.8 Å². The predicted molar refractivity (Wildman–Crippen MR) is 106 cm³/mol. The second-order valence-electron chi connectivity index (χ2n) is 7.47. The van der Waals surface area contributed by atoms with Gasteiger partial charge in [0.05, 0.1) is 13.7 Å². The quantitative estimate of drug-likeness (QED) is 0.357. The lowest BCUT2D eigenvalue weighted by Crippen LogP contribution is -2.26. The molecule has 1 aliphatic carbocycles. The van der Waals surface area contributed by atoms with E-state index in [0.29, 0.717) is 19.4 Å². The summed E-state index contributed by atoms with van der Waals surface area (Å²) in [7, 11) is 1.40. The van der Waals surface area contributed by atoms with Crippen molar-refractivity contribution in [3.8, 4) is 0 Å². The Hall–Kier alpha value is -1.98. The van der Waals surface area contributed by atoms with E-state index >= 15 is 0 Å². The van der Waals surface area contributed by atoms with Gasteiger partial charge in [0.25, 0.3) is 0 Å². The monoisotopic (exact) mass is 386 g/mol. The molecular formula is C23H30O5. The predicted octanol–water partition coefficient (Wildman–Crippen LogP) is 4.42. The van der Waals surface area contributed by atoms with Crippen LogP contribution in [0.25, 0.3) is 0 Å². The van der Waals surface area contributed by atoms with Crippen molar-refractivity contribution in [2.45, 2.75) is 57.2 Å². The highest BCUT2D eigenvalue weighted by Crippen LogP contribution is 2.40. The summed E-state index contributed by atoms with van der Waals surface area (Å²) in [6.07, 6.45) is 9.79. The van der Waals surface area contributed by atoms with Gasteiger partial charge >= 0.3 is 5.97 Å². The van der Waals surface area contributed by atoms with Crippen molar-refractivity contribution in [3.63, 3.8) is 0 Å². The normalized spacial score (nSPS) is 24.5. The largest absolute Gasteiger partial charge is 0.469 e. The Kier molecular flexibility index (Phi) is 7.80. The molecule has 1 heterocycles. The van der Waals surface area contributed by atoms with Gasteiger partial charge in [0.1, 0.15) is 0 Å². The van der Waals surface area contributed by atoms with Gasteiger partial charge in [-0.15, -0.1) is 0 Å². The number of hydrogen-bond acceptors (Lipinski definition) is 5. The van der Waals surface area contributed by atoms with Gasteiger partial charge in [0.15, 0.2) is 12.1 Å². The number of unbranched alkanes of at least 4 members (excludes halogenated alkanes) is 1. The smallest absolute Gasteiger partial charge is 0.305 e. The highest BCUT2D eigenvalue weighted by Gasteiger charge is 2.39. The summed E-state index contributed by atoms with van der Waals surface area (Å²) in [6, 6.07) is 7.87. The SMILES string of the molecule is COC(=O)CCC/C=C\CC1C(=O)c2ccccc2C1COC1CCCCO1. The molecule has 152 valence electrons. The average Bonchev–Trinajstić information content (AvgIpc) is 3.01. The van der Waals surface area contributed by atoms with Crippen LogP contribution in [0.5, 0.6) is 0 Å². The minimum absolute atomic E-state index is 0.0638. The second kappa shape index (κ2) is 10.5. The first-order chi connectivity index (χ1) is 13.7. The lowest BCUT2D eigenvalue weighted by atomic mass is 9.90. The van der Waals surface area contributed by atoms with Gasteiger partial charge in [0.2, 0.25) is 0 Å². The Morgan fingerprint density at radius 2 is 2.07 bits per heavy atom. The average molecular weight is 386 g/mol. The van der Waals surface area contributed by atoms with E-state index in [9.17, 15) is 9.59 Å². The topological polar surface area (TPSA) is 61.8 Å². The van der Waals surface area contributed by atoms with Gasteiger partial charge in [-0.2, -0.15) is 0 Å². The zero-order valence-corrected chi connectivity index (χ0v) is 16.6. The number of benzene rings is 1. The van der Waals surface area contributed by atoms with E-state index in [1.54, 1.807) is 0 Å². The molecule has 1 fully saturated rings. The Balaban J connectivity index is 1.57. The fraction of sp³-hybridized carbons (Fsp3) is 0.565. The Bertz CT molecular complexity index is 690. The number of ketones is 1. The van der Waals surface area contributed by atoms with Crippen molar-refractivity contribution in [1.29, 1.82) is 0 Å². The number of carbonyl (C=O) groups is 2. The molecule has 0 bridgehead atoms. The third kappa shape index (κ3) is 5.30. The van der Waals surface area contributed by atoms with Gasteiger partial charge in [-0.3, -0.25) is 9.59 Å². The zero-order chi connectivity index (χ0) is 19.8. The molecule has 5 nitrogen and oxygen atoms in total. The molecule has 3 unspecified atom stereocenters. The van der Waals surface area contributed by atoms with Crippen LogP contribution in [0.15, 0.2) is 36.4 Å². The van der Waals surface area contributed by atoms with E-state index in [0.717, 1.165) is 49.8 Å². The van der Waals surface area contributed by atoms with Crippen LogP contribution in [-0.4, -0.2) is 38.4 Å². The van der Waals surface area contributed by atoms with Gasteiger partial charge < -0.3 is 14.2 Å². The molecular weight excluding hydrogens is 356 g/mol. The maximum Gasteiger partial charge on any atom is 0.305 e. The number of allylic oxidation sites excluding steroid dienone is 2. The maximum atomic E-state index is 12.9. The molecule has 1 aromatic rings. The van der Waals surface area contributed by atoms with E-state index in [-0.39, 0.29) is 29.9 Å². The number of carbonyl (C=O) groups excluding carboxylic acids is 2. The number of hydrogen-bond donors (Lipinski definition) is 0. The first kappa shape index (κ1) is 20.7. The molecule has 0 amide bonds. The molecule has 3 atom stereocenters. The van der Waals surface area contributed by atoms with Crippen LogP contribution in [0.3, 0.4) is 0 Å². The summed E-state index contributed by atoms with van der Waals surface area (Å²) in [5.41, 5.74) is 1.91. The molecule has 1 saturated heterocycles. The fourth-order valence-electron chi connectivity index (χ4n) is 4.00. The number of rotatable bonds is 9. The Morgan fingerprint density at radius 1 is 1.21 bits per heavy atom. The first-order valence-corrected chi connectivity index (χ1v) is 10.3. The molecule has 2 aliphatic rings. The molecule has 0 N–H and O–H groups in total. The molecule has 3 rings (SSSR count). The molecule has 28 heavy (non-hydrogen) atoms. The van der Waals surface area contributed by atoms with Gasteiger partial charge in [0, 0.05) is 30.4 Å². The highest BCUT2D eigenvalue weighted by atomic mass is 16.7. The van der Waals surface area contributed by atoms with E-state index in [4.69, 9.17) is 9.47 Å². The van der Waals surface area contributed by atoms with Crippen LogP contribution in [0.4, 0.5) is 0 Å². The second-order valence-corrected chi connectivity index (χ2v) is 7.47. The molecule has 0 saturated carbocycles. The lowest BCUT2D eigenvalue weighted by Gasteiger charge is -2.26. The highest BCUT2D eigenvalue weighted by molar-refractivity contribution is 6.03. The van der Waals surface area contributed by atoms with E-state index in [1.807, 2.05) is 24.3 Å². The summed E-state index contributed by atoms with van der Waals surface area (Å²) >= 11 is 0. The third-order valence-electron chi connectivity index (χ3n) is 5.58. The van der Waals surface area contributed by atoms with Crippen molar-refractivity contribution in [3.05, 3.63) is 47.5 Å². The number of Topliss-reactive ketones (excluding diaryl/α,β-unsaturated/α-hetero) is 1. The molecule has 0 radical (unpaired) electrons. The van der Waals surface area contributed by atoms with E-state index < -0.39 is 0 Å². The standard InChI is InChI=1S/C23H30O5/c1-26-21(24)13-5-3-2-4-11-19-20(16-28-22-14-8-9-15-27-22)17-10-6-7-12-18(17)23(19)25/h2,4,6-7,10,12,19-20,22H,3,5,8-9,11,13-16H2,1H3/b4-2-. The van der Waals surface area contributed by atoms with Crippen LogP contribution >= 0.6 is 0 Å². The van der Waals surface area contributed by atoms with Crippen LogP contribution < -0.4 is 0 Å². The molecule has 1 aliphatic heterocycles. The summed E-state index contributed by atoms with van der Waals surface area (Å²) in [5, 5.41) is 0. The lowest BCUT2D eigenvalue weighted by molar-refractivity contribution is -0.166. The summed E-state index contributed by atoms with van der Waals surface area (Å²) in [4.78, 5) is 24.1. The van der Waals surface area contributed by atoms with E-state index in [1.165, 1.54) is 7.11 Å². The molecule has 0 spiro atoms. The van der Waals surface area contributed by atoms with Crippen LogP contribution in [-0.2, 0) is 19.0 Å². The van der Waals surface area contributed by atoms with Crippen molar-refractivity contribution in [2.75, 3.05) is 20.3 Å². The number of esters is 1. The van der Waals surface area contributed by atoms with Gasteiger partial charge in [-0.25, -0.2) is 0 Å². The minimum atomic E-state index is -0.183. The number of fused-ring (bicyclic) bond motifs is 1. The first-order valence-electron chi connectivity index (χ1n) is 10.3. The van der Waals surface area contributed by atoms with Crippen LogP contribution in [0, 0.1) is 5.92 Å². The zero-order valence-electron chi connectivity index (χ0n) is 16.6. The van der Waals surface area contributed by atoms with Gasteiger partial charge in [-0.1, -0.05) is 36.4 Å². The summed E-state index contributed by atoms with van der Waals surface area (Å²) < 4.78 is 16.4. The Morgan fingerprint density at radius 3 is 2.86 bits per heavy atom. The molecule has 0 aromatic heterocycles. The summed E-state index contributed by atoms with van der Waals surface area (Å²) in [6.45, 7) is 1.26. The molecule has 1 aromatic carbocycles. The van der Waals surface area contributed by atoms with Crippen LogP contribution in [0.2, 0.25) is 0 Å². The molecule has 5 heteroatoms. The number of ether oxygens (including phenoxy) is 3. The van der Waals surface area contributed by atoms with Crippen molar-refractivity contribution in [2.24, 2.45) is 5.92 Å². The van der Waals surface area contributed by atoms with Crippen molar-refractivity contribution in [1.82, 2.24) is 0 Å². The van der Waals surface area contributed by atoms with E-state index in [2.05, 4.69) is 16.9 Å².